The van der Waals surface area contributed by atoms with E-state index in [2.05, 4.69) is 15.6 Å². The summed E-state index contributed by atoms with van der Waals surface area (Å²) in [4.78, 5) is 17.2. The third kappa shape index (κ3) is 4.48. The van der Waals surface area contributed by atoms with Crippen molar-refractivity contribution in [3.05, 3.63) is 16.8 Å². The van der Waals surface area contributed by atoms with Crippen molar-refractivity contribution >= 4 is 23.7 Å². The lowest BCUT2D eigenvalue weighted by atomic mass is 10.0. The fraction of sp³-hybridized carbons (Fsp3) is 0.611. The molecule has 25 heavy (non-hydrogen) atoms. The van der Waals surface area contributed by atoms with E-state index in [4.69, 9.17) is 14.9 Å². The monoisotopic (exact) mass is 348 g/mol. The van der Waals surface area contributed by atoms with E-state index in [9.17, 15) is 4.79 Å². The maximum absolute atomic E-state index is 12.6. The molecule has 0 unspecified atom stereocenters. The Morgan fingerprint density at radius 1 is 1.36 bits per heavy atom. The van der Waals surface area contributed by atoms with Gasteiger partial charge in [0.15, 0.2) is 0 Å². The minimum absolute atomic E-state index is 0.196. The summed E-state index contributed by atoms with van der Waals surface area (Å²) < 4.78 is 10.7. The van der Waals surface area contributed by atoms with E-state index in [1.54, 1.807) is 6.92 Å². The molecule has 2 rings (SSSR count). The summed E-state index contributed by atoms with van der Waals surface area (Å²) in [5.74, 6) is 0.226. The van der Waals surface area contributed by atoms with Crippen LogP contribution in [0.2, 0.25) is 0 Å². The van der Waals surface area contributed by atoms with Gasteiger partial charge in [-0.2, -0.15) is 0 Å². The Morgan fingerprint density at radius 3 is 2.64 bits per heavy atom. The van der Waals surface area contributed by atoms with Crippen LogP contribution < -0.4 is 10.6 Å². The first kappa shape index (κ1) is 19.2. The van der Waals surface area contributed by atoms with E-state index in [-0.39, 0.29) is 6.04 Å². The molecule has 2 heterocycles. The second kappa shape index (κ2) is 9.36. The van der Waals surface area contributed by atoms with Gasteiger partial charge in [0.2, 0.25) is 0 Å². The number of ether oxygens (including phenoxy) is 2. The van der Waals surface area contributed by atoms with Crippen LogP contribution in [-0.4, -0.2) is 49.6 Å². The van der Waals surface area contributed by atoms with Crippen molar-refractivity contribution in [2.24, 2.45) is 0 Å². The van der Waals surface area contributed by atoms with Crippen LogP contribution in [-0.2, 0) is 15.9 Å². The van der Waals surface area contributed by atoms with Crippen molar-refractivity contribution < 1.29 is 14.3 Å². The average Bonchev–Trinajstić information content (AvgIpc) is 2.62. The normalized spacial score (nSPS) is 14.8. The number of hydrogen-bond acceptors (Lipinski definition) is 7. The fourth-order valence-corrected chi connectivity index (χ4v) is 2.97. The maximum atomic E-state index is 12.6. The molecule has 0 atom stereocenters. The molecule has 0 aliphatic carbocycles. The first-order valence-corrected chi connectivity index (χ1v) is 8.98. The first-order chi connectivity index (χ1) is 12.2. The number of hydrogen-bond donors (Lipinski definition) is 3. The molecule has 1 aromatic rings. The molecule has 138 valence electrons. The number of rotatable bonds is 8. The van der Waals surface area contributed by atoms with Crippen LogP contribution in [0.5, 0.6) is 0 Å². The van der Waals surface area contributed by atoms with Crippen LogP contribution in [0.1, 0.15) is 55.2 Å². The molecule has 7 heteroatoms. The van der Waals surface area contributed by atoms with Gasteiger partial charge in [-0.15, -0.1) is 0 Å². The van der Waals surface area contributed by atoms with Crippen LogP contribution >= 0.6 is 0 Å². The SMILES string of the molecule is CCNc1nc(CC)c(C(=O)OCC)c(NC2CCOCC2)c1C=N. The first-order valence-electron chi connectivity index (χ1n) is 8.98. The van der Waals surface area contributed by atoms with Crippen molar-refractivity contribution in [3.63, 3.8) is 0 Å². The lowest BCUT2D eigenvalue weighted by molar-refractivity contribution is 0.0525. The quantitative estimate of drug-likeness (QED) is 0.494. The van der Waals surface area contributed by atoms with Gasteiger partial charge in [-0.3, -0.25) is 0 Å². The molecule has 7 nitrogen and oxygen atoms in total. The third-order valence-electron chi connectivity index (χ3n) is 4.18. The van der Waals surface area contributed by atoms with E-state index in [1.807, 2.05) is 13.8 Å². The highest BCUT2D eigenvalue weighted by molar-refractivity contribution is 6.04. The van der Waals surface area contributed by atoms with E-state index in [0.29, 0.717) is 61.1 Å². The minimum atomic E-state index is -0.396. The van der Waals surface area contributed by atoms with Crippen LogP contribution in [0.4, 0.5) is 11.5 Å². The van der Waals surface area contributed by atoms with Gasteiger partial charge in [0, 0.05) is 32.0 Å². The van der Waals surface area contributed by atoms with Crippen molar-refractivity contribution in [2.75, 3.05) is 37.0 Å². The standard InChI is InChI=1S/C18H28N4O3/c1-4-14-15(18(23)25-6-3)16(21-12-7-9-24-10-8-12)13(11-19)17(22-14)20-5-2/h11-12,19H,4-10H2,1-3H3,(H2,20,21,22). The predicted molar refractivity (Wildman–Crippen MR) is 99.1 cm³/mol. The van der Waals surface area contributed by atoms with Crippen LogP contribution in [0.25, 0.3) is 0 Å². The Balaban J connectivity index is 2.56. The van der Waals surface area contributed by atoms with Crippen molar-refractivity contribution in [2.45, 2.75) is 46.1 Å². The molecule has 3 N–H and O–H groups in total. The smallest absolute Gasteiger partial charge is 0.342 e. The molecule has 0 amide bonds. The number of nitrogens with zero attached hydrogens (tertiary/aromatic N) is 1. The van der Waals surface area contributed by atoms with Gasteiger partial charge in [0.25, 0.3) is 0 Å². The van der Waals surface area contributed by atoms with Crippen LogP contribution in [0, 0.1) is 5.41 Å². The highest BCUT2D eigenvalue weighted by Crippen LogP contribution is 2.31. The molecule has 1 aliphatic heterocycles. The Bertz CT molecular complexity index is 613. The van der Waals surface area contributed by atoms with Crippen LogP contribution in [0.3, 0.4) is 0 Å². The fourth-order valence-electron chi connectivity index (χ4n) is 2.97. The van der Waals surface area contributed by atoms with Crippen LogP contribution in [0.15, 0.2) is 0 Å². The number of anilines is 2. The predicted octanol–water partition coefficient (Wildman–Crippen LogP) is 2.84. The van der Waals surface area contributed by atoms with Gasteiger partial charge in [0.05, 0.1) is 23.6 Å². The lowest BCUT2D eigenvalue weighted by Crippen LogP contribution is -2.30. The van der Waals surface area contributed by atoms with Gasteiger partial charge < -0.3 is 25.5 Å². The summed E-state index contributed by atoms with van der Waals surface area (Å²) in [6, 6.07) is 0.196. The zero-order valence-corrected chi connectivity index (χ0v) is 15.3. The summed E-state index contributed by atoms with van der Waals surface area (Å²) in [6.07, 6.45) is 3.57. The van der Waals surface area contributed by atoms with E-state index in [0.717, 1.165) is 12.8 Å². The average molecular weight is 348 g/mol. The number of carbonyl (C=O) groups is 1. The van der Waals surface area contributed by atoms with Gasteiger partial charge >= 0.3 is 5.97 Å². The minimum Gasteiger partial charge on any atom is -0.462 e. The molecular formula is C18H28N4O3. The number of nitrogens with one attached hydrogen (secondary N) is 3. The van der Waals surface area contributed by atoms with Crippen molar-refractivity contribution in [1.29, 1.82) is 5.41 Å². The third-order valence-corrected chi connectivity index (χ3v) is 4.18. The summed E-state index contributed by atoms with van der Waals surface area (Å²) in [5.41, 5.74) is 2.35. The number of carbonyl (C=O) groups excluding carboxylic acids is 1. The molecular weight excluding hydrogens is 320 g/mol. The Morgan fingerprint density at radius 2 is 2.08 bits per heavy atom. The summed E-state index contributed by atoms with van der Waals surface area (Å²) >= 11 is 0. The Kier molecular flexibility index (Phi) is 7.18. The summed E-state index contributed by atoms with van der Waals surface area (Å²) in [7, 11) is 0. The lowest BCUT2D eigenvalue weighted by Gasteiger charge is -2.27. The topological polar surface area (TPSA) is 96.3 Å². The Labute approximate surface area is 149 Å². The second-order valence-electron chi connectivity index (χ2n) is 5.85. The number of pyridine rings is 1. The summed E-state index contributed by atoms with van der Waals surface area (Å²) in [5, 5.41) is 14.5. The molecule has 0 radical (unpaired) electrons. The number of aryl methyl sites for hydroxylation is 1. The molecule has 0 aromatic carbocycles. The number of aromatic nitrogens is 1. The molecule has 1 fully saturated rings. The highest BCUT2D eigenvalue weighted by Gasteiger charge is 2.26. The summed E-state index contributed by atoms with van der Waals surface area (Å²) in [6.45, 7) is 8.10. The second-order valence-corrected chi connectivity index (χ2v) is 5.85. The molecule has 1 aliphatic rings. The van der Waals surface area contributed by atoms with Gasteiger partial charge in [0.1, 0.15) is 11.4 Å². The van der Waals surface area contributed by atoms with Crippen molar-refractivity contribution in [1.82, 2.24) is 4.98 Å². The zero-order valence-electron chi connectivity index (χ0n) is 15.3. The zero-order chi connectivity index (χ0) is 18.2. The Hall–Kier alpha value is -2.15. The van der Waals surface area contributed by atoms with E-state index < -0.39 is 5.97 Å². The van der Waals surface area contributed by atoms with Gasteiger partial charge in [-0.05, 0) is 33.1 Å². The van der Waals surface area contributed by atoms with Gasteiger partial charge in [-0.25, -0.2) is 9.78 Å². The molecule has 0 saturated carbocycles. The molecule has 1 saturated heterocycles. The number of esters is 1. The van der Waals surface area contributed by atoms with E-state index >= 15 is 0 Å². The molecule has 1 aromatic heterocycles. The van der Waals surface area contributed by atoms with Crippen molar-refractivity contribution in [3.8, 4) is 0 Å². The largest absolute Gasteiger partial charge is 0.462 e. The van der Waals surface area contributed by atoms with E-state index in [1.165, 1.54) is 6.21 Å². The van der Waals surface area contributed by atoms with Gasteiger partial charge in [-0.1, -0.05) is 6.92 Å². The maximum Gasteiger partial charge on any atom is 0.342 e. The highest BCUT2D eigenvalue weighted by atomic mass is 16.5. The molecule has 0 spiro atoms. The molecule has 0 bridgehead atoms.